The Morgan fingerprint density at radius 1 is 0.952 bits per heavy atom. The van der Waals surface area contributed by atoms with Gasteiger partial charge in [0.05, 0.1) is 5.69 Å². The van der Waals surface area contributed by atoms with Gasteiger partial charge in [0.15, 0.2) is 0 Å². The van der Waals surface area contributed by atoms with Crippen molar-refractivity contribution in [2.24, 2.45) is 0 Å². The minimum atomic E-state index is -0.0115. The number of carbonyl (C=O) groups excluding carboxylic acids is 1. The van der Waals surface area contributed by atoms with Crippen LogP contribution in [-0.2, 0) is 0 Å². The molecule has 102 valence electrons. The molecule has 2 aromatic carbocycles. The van der Waals surface area contributed by atoms with E-state index in [2.05, 4.69) is 11.6 Å². The maximum absolute atomic E-state index is 12.7. The molecule has 1 N–H and O–H groups in total. The summed E-state index contributed by atoms with van der Waals surface area (Å²) in [4.78, 5) is 15.9. The summed E-state index contributed by atoms with van der Waals surface area (Å²) in [6, 6.07) is 21.1. The molecule has 0 saturated heterocycles. The van der Waals surface area contributed by atoms with Crippen molar-refractivity contribution in [1.29, 1.82) is 0 Å². The van der Waals surface area contributed by atoms with Crippen LogP contribution in [-0.4, -0.2) is 10.8 Å². The van der Waals surface area contributed by atoms with Gasteiger partial charge in [-0.05, 0) is 17.7 Å². The lowest BCUT2D eigenvalue weighted by atomic mass is 10.0. The molecule has 0 radical (unpaired) electrons. The molecule has 0 aliphatic heterocycles. The fraction of sp³-hybridized carbons (Fsp3) is 0. The minimum absolute atomic E-state index is 0.0115. The van der Waals surface area contributed by atoms with Crippen molar-refractivity contribution in [2.45, 2.75) is 0 Å². The molecule has 3 rings (SSSR count). The van der Waals surface area contributed by atoms with E-state index in [0.717, 1.165) is 16.8 Å². The van der Waals surface area contributed by atoms with Crippen LogP contribution in [0.2, 0.25) is 0 Å². The van der Waals surface area contributed by atoms with E-state index >= 15 is 0 Å². The maximum atomic E-state index is 12.7. The van der Waals surface area contributed by atoms with Crippen molar-refractivity contribution in [3.8, 4) is 11.1 Å². The number of ketones is 1. The average Bonchev–Trinajstić information content (AvgIpc) is 3.00. The third-order valence-corrected chi connectivity index (χ3v) is 3.41. The zero-order chi connectivity index (χ0) is 14.7. The summed E-state index contributed by atoms with van der Waals surface area (Å²) in [6.07, 6.45) is 1.72. The first-order chi connectivity index (χ1) is 10.3. The lowest BCUT2D eigenvalue weighted by molar-refractivity contribution is 0.103. The van der Waals surface area contributed by atoms with Crippen LogP contribution in [0.15, 0.2) is 73.3 Å². The molecule has 0 saturated carbocycles. The Kier molecular flexibility index (Phi) is 3.52. The number of hydrogen-bond donors (Lipinski definition) is 1. The smallest absolute Gasteiger partial charge is 0.209 e. The van der Waals surface area contributed by atoms with Crippen molar-refractivity contribution in [2.75, 3.05) is 0 Å². The molecule has 0 unspecified atom stereocenters. The van der Waals surface area contributed by atoms with Gasteiger partial charge < -0.3 is 4.98 Å². The van der Waals surface area contributed by atoms with Gasteiger partial charge in [-0.3, -0.25) is 4.79 Å². The molecule has 0 bridgehead atoms. The molecule has 21 heavy (non-hydrogen) atoms. The van der Waals surface area contributed by atoms with Crippen molar-refractivity contribution in [3.05, 3.63) is 90.3 Å². The number of hydrogen-bond acceptors (Lipinski definition) is 1. The van der Waals surface area contributed by atoms with Gasteiger partial charge in [0.1, 0.15) is 0 Å². The van der Waals surface area contributed by atoms with Crippen LogP contribution in [0, 0.1) is 0 Å². The molecule has 1 heterocycles. The first-order valence-corrected chi connectivity index (χ1v) is 6.80. The number of aromatic nitrogens is 1. The molecule has 0 spiro atoms. The van der Waals surface area contributed by atoms with Crippen molar-refractivity contribution >= 4 is 11.9 Å². The Labute approximate surface area is 123 Å². The highest BCUT2D eigenvalue weighted by atomic mass is 16.1. The molecular formula is C19H15NO. The highest BCUT2D eigenvalue weighted by Crippen LogP contribution is 2.27. The summed E-state index contributed by atoms with van der Waals surface area (Å²) >= 11 is 0. The summed E-state index contributed by atoms with van der Waals surface area (Å²) in [6.45, 7) is 3.77. The number of rotatable bonds is 4. The molecule has 0 aliphatic rings. The molecule has 3 aromatic rings. The lowest BCUT2D eigenvalue weighted by Crippen LogP contribution is -2.03. The Balaban J connectivity index is 2.12. The Hall–Kier alpha value is -2.87. The second kappa shape index (κ2) is 5.63. The van der Waals surface area contributed by atoms with Gasteiger partial charge >= 0.3 is 0 Å². The fourth-order valence-corrected chi connectivity index (χ4v) is 2.34. The van der Waals surface area contributed by atoms with Crippen LogP contribution in [0.4, 0.5) is 0 Å². The largest absolute Gasteiger partial charge is 0.352 e. The molecule has 0 aliphatic carbocycles. The van der Waals surface area contributed by atoms with E-state index in [-0.39, 0.29) is 5.78 Å². The minimum Gasteiger partial charge on any atom is -0.352 e. The normalized spacial score (nSPS) is 10.3. The lowest BCUT2D eigenvalue weighted by Gasteiger charge is -2.04. The van der Waals surface area contributed by atoms with Crippen LogP contribution < -0.4 is 0 Å². The molecule has 1 aromatic heterocycles. The van der Waals surface area contributed by atoms with Crippen LogP contribution >= 0.6 is 0 Å². The third kappa shape index (κ3) is 2.56. The Morgan fingerprint density at radius 2 is 1.57 bits per heavy atom. The monoisotopic (exact) mass is 273 g/mol. The molecule has 2 nitrogen and oxygen atoms in total. The topological polar surface area (TPSA) is 32.9 Å². The molecule has 2 heteroatoms. The molecule has 0 fully saturated rings. The SMILES string of the molecule is C=Cc1cc(-c2ccccc2)c(C(=O)c2ccccc2)[nH]1. The average molecular weight is 273 g/mol. The van der Waals surface area contributed by atoms with Gasteiger partial charge in [0, 0.05) is 16.8 Å². The van der Waals surface area contributed by atoms with Crippen molar-refractivity contribution in [3.63, 3.8) is 0 Å². The predicted octanol–water partition coefficient (Wildman–Crippen LogP) is 4.56. The summed E-state index contributed by atoms with van der Waals surface area (Å²) in [5.74, 6) is -0.0115. The van der Waals surface area contributed by atoms with Crippen LogP contribution in [0.25, 0.3) is 17.2 Å². The van der Waals surface area contributed by atoms with Gasteiger partial charge in [-0.15, -0.1) is 0 Å². The van der Waals surface area contributed by atoms with E-state index in [0.29, 0.717) is 11.3 Å². The molecular weight excluding hydrogens is 258 g/mol. The highest BCUT2D eigenvalue weighted by Gasteiger charge is 2.17. The van der Waals surface area contributed by atoms with Gasteiger partial charge in [0.2, 0.25) is 5.78 Å². The van der Waals surface area contributed by atoms with Crippen molar-refractivity contribution in [1.82, 2.24) is 4.98 Å². The Morgan fingerprint density at radius 3 is 2.19 bits per heavy atom. The number of benzene rings is 2. The van der Waals surface area contributed by atoms with Gasteiger partial charge in [-0.2, -0.15) is 0 Å². The number of H-pyrrole nitrogens is 1. The quantitative estimate of drug-likeness (QED) is 0.695. The van der Waals surface area contributed by atoms with Gasteiger partial charge in [0.25, 0.3) is 0 Å². The predicted molar refractivity (Wildman–Crippen MR) is 86.2 cm³/mol. The van der Waals surface area contributed by atoms with E-state index in [1.807, 2.05) is 66.7 Å². The number of carbonyl (C=O) groups is 1. The summed E-state index contributed by atoms with van der Waals surface area (Å²) in [7, 11) is 0. The van der Waals surface area contributed by atoms with Crippen LogP contribution in [0.1, 0.15) is 21.7 Å². The van der Waals surface area contributed by atoms with E-state index < -0.39 is 0 Å². The zero-order valence-electron chi connectivity index (χ0n) is 11.5. The first-order valence-electron chi connectivity index (χ1n) is 6.80. The summed E-state index contributed by atoms with van der Waals surface area (Å²) in [5.41, 5.74) is 4.03. The molecule has 0 amide bonds. The molecule has 0 atom stereocenters. The first kappa shape index (κ1) is 13.1. The highest BCUT2D eigenvalue weighted by molar-refractivity contribution is 6.12. The second-order valence-electron chi connectivity index (χ2n) is 4.78. The Bertz CT molecular complexity index is 770. The fourth-order valence-electron chi connectivity index (χ4n) is 2.34. The number of nitrogens with one attached hydrogen (secondary N) is 1. The standard InChI is InChI=1S/C19H15NO/c1-2-16-13-17(14-9-5-3-6-10-14)18(20-16)19(21)15-11-7-4-8-12-15/h2-13,20H,1H2. The van der Waals surface area contributed by atoms with E-state index in [9.17, 15) is 4.79 Å². The van der Waals surface area contributed by atoms with Crippen LogP contribution in [0.5, 0.6) is 0 Å². The number of aromatic amines is 1. The van der Waals surface area contributed by atoms with E-state index in [1.54, 1.807) is 6.08 Å². The second-order valence-corrected chi connectivity index (χ2v) is 4.78. The van der Waals surface area contributed by atoms with Crippen LogP contribution in [0.3, 0.4) is 0 Å². The summed E-state index contributed by atoms with van der Waals surface area (Å²) in [5, 5.41) is 0. The van der Waals surface area contributed by atoms with Gasteiger partial charge in [-0.25, -0.2) is 0 Å². The van der Waals surface area contributed by atoms with Crippen molar-refractivity contribution < 1.29 is 4.79 Å². The van der Waals surface area contributed by atoms with Gasteiger partial charge in [-0.1, -0.05) is 67.2 Å². The maximum Gasteiger partial charge on any atom is 0.209 e. The van der Waals surface area contributed by atoms with E-state index in [1.165, 1.54) is 0 Å². The zero-order valence-corrected chi connectivity index (χ0v) is 11.5. The third-order valence-electron chi connectivity index (χ3n) is 3.41. The summed E-state index contributed by atoms with van der Waals surface area (Å²) < 4.78 is 0. The van der Waals surface area contributed by atoms with E-state index in [4.69, 9.17) is 0 Å².